The van der Waals surface area contributed by atoms with Gasteiger partial charge in [-0.3, -0.25) is 24.3 Å². The first kappa shape index (κ1) is 21.6. The van der Waals surface area contributed by atoms with Crippen LogP contribution < -0.4 is 10.9 Å². The second-order valence-electron chi connectivity index (χ2n) is 7.94. The molecule has 1 aliphatic rings. The minimum Gasteiger partial charge on any atom is -0.292 e. The topological polar surface area (TPSA) is 81.1 Å². The van der Waals surface area contributed by atoms with E-state index in [4.69, 9.17) is 4.98 Å². The van der Waals surface area contributed by atoms with E-state index in [0.29, 0.717) is 21.8 Å². The Balaban J connectivity index is 1.47. The predicted molar refractivity (Wildman–Crippen MR) is 132 cm³/mol. The molecular formula is C25H21N3O3S2. The highest BCUT2D eigenvalue weighted by Gasteiger charge is 2.24. The summed E-state index contributed by atoms with van der Waals surface area (Å²) >= 11 is 2.73. The molecule has 0 spiro atoms. The molecule has 0 radical (unpaired) electrons. The van der Waals surface area contributed by atoms with E-state index in [-0.39, 0.29) is 11.3 Å². The molecule has 0 aliphatic heterocycles. The number of hydrogen-bond donors (Lipinski definition) is 1. The van der Waals surface area contributed by atoms with Crippen LogP contribution in [0.25, 0.3) is 15.9 Å². The van der Waals surface area contributed by atoms with E-state index >= 15 is 0 Å². The van der Waals surface area contributed by atoms with E-state index in [1.54, 1.807) is 46.2 Å². The number of aryl methyl sites for hydroxylation is 3. The Morgan fingerprint density at radius 1 is 1.09 bits per heavy atom. The molecule has 2 aromatic heterocycles. The van der Waals surface area contributed by atoms with Gasteiger partial charge in [-0.2, -0.15) is 0 Å². The summed E-state index contributed by atoms with van der Waals surface area (Å²) in [5, 5.41) is 3.54. The monoisotopic (exact) mass is 475 g/mol. The Hall–Kier alpha value is -3.23. The molecule has 0 atom stereocenters. The Labute approximate surface area is 198 Å². The highest BCUT2D eigenvalue weighted by Crippen LogP contribution is 2.36. The van der Waals surface area contributed by atoms with E-state index < -0.39 is 11.8 Å². The minimum absolute atomic E-state index is 0.0343. The summed E-state index contributed by atoms with van der Waals surface area (Å²) in [4.78, 5) is 45.1. The summed E-state index contributed by atoms with van der Waals surface area (Å²) in [7, 11) is 0. The smallest absolute Gasteiger partial charge is 0.267 e. The van der Waals surface area contributed by atoms with Crippen LogP contribution in [0.15, 0.2) is 64.5 Å². The van der Waals surface area contributed by atoms with Crippen LogP contribution in [0.4, 0.5) is 0 Å². The number of hydrogen-bond acceptors (Lipinski definition) is 6. The molecule has 33 heavy (non-hydrogen) atoms. The van der Waals surface area contributed by atoms with Crippen molar-refractivity contribution in [2.45, 2.75) is 31.3 Å². The molecule has 1 aliphatic carbocycles. The molecule has 2 amide bonds. The molecule has 0 saturated heterocycles. The number of carbonyl (C=O) groups is 2. The lowest BCUT2D eigenvalue weighted by Crippen LogP contribution is -2.32. The lowest BCUT2D eigenvalue weighted by molar-refractivity contribution is -0.117. The van der Waals surface area contributed by atoms with Crippen LogP contribution in [-0.2, 0) is 17.6 Å². The number of benzene rings is 2. The van der Waals surface area contributed by atoms with Gasteiger partial charge in [0.2, 0.25) is 5.91 Å². The van der Waals surface area contributed by atoms with Gasteiger partial charge in [0.1, 0.15) is 4.83 Å². The molecule has 0 bridgehead atoms. The molecule has 5 rings (SSSR count). The molecular weight excluding hydrogens is 454 g/mol. The van der Waals surface area contributed by atoms with Crippen molar-refractivity contribution in [1.82, 2.24) is 14.9 Å². The van der Waals surface area contributed by atoms with E-state index in [2.05, 4.69) is 5.32 Å². The fraction of sp³-hybridized carbons (Fsp3) is 0.200. The van der Waals surface area contributed by atoms with Crippen LogP contribution in [0.3, 0.4) is 0 Å². The van der Waals surface area contributed by atoms with Crippen LogP contribution in [0.5, 0.6) is 0 Å². The van der Waals surface area contributed by atoms with Gasteiger partial charge in [-0.1, -0.05) is 47.7 Å². The summed E-state index contributed by atoms with van der Waals surface area (Å²) in [6.45, 7) is 1.99. The zero-order chi connectivity index (χ0) is 22.9. The molecule has 6 nitrogen and oxygen atoms in total. The average molecular weight is 476 g/mol. The molecule has 0 saturated carbocycles. The number of amides is 2. The van der Waals surface area contributed by atoms with Crippen LogP contribution in [-0.4, -0.2) is 27.1 Å². The molecule has 0 unspecified atom stereocenters. The van der Waals surface area contributed by atoms with E-state index in [0.717, 1.165) is 47.0 Å². The third-order valence-corrected chi connectivity index (χ3v) is 7.75. The third-order valence-electron chi connectivity index (χ3n) is 5.62. The van der Waals surface area contributed by atoms with Gasteiger partial charge in [-0.05, 0) is 56.0 Å². The number of nitrogens with zero attached hydrogens (tertiary/aromatic N) is 2. The molecule has 8 heteroatoms. The normalized spacial score (nSPS) is 12.6. The van der Waals surface area contributed by atoms with E-state index in [9.17, 15) is 14.4 Å². The third kappa shape index (κ3) is 4.24. The summed E-state index contributed by atoms with van der Waals surface area (Å²) in [5.74, 6) is -0.921. The number of carbonyl (C=O) groups excluding carboxylic acids is 2. The highest BCUT2D eigenvalue weighted by atomic mass is 32.2. The van der Waals surface area contributed by atoms with E-state index in [1.807, 2.05) is 31.2 Å². The average Bonchev–Trinajstić information content (AvgIpc) is 3.40. The second kappa shape index (κ2) is 8.96. The van der Waals surface area contributed by atoms with Crippen molar-refractivity contribution < 1.29 is 9.59 Å². The number of thioether (sulfide) groups is 1. The summed E-state index contributed by atoms with van der Waals surface area (Å²) in [6.07, 6.45) is 2.94. The van der Waals surface area contributed by atoms with Gasteiger partial charge in [0, 0.05) is 10.4 Å². The Morgan fingerprint density at radius 2 is 1.85 bits per heavy atom. The van der Waals surface area contributed by atoms with Gasteiger partial charge in [-0.25, -0.2) is 4.98 Å². The van der Waals surface area contributed by atoms with Crippen molar-refractivity contribution in [3.8, 4) is 5.69 Å². The van der Waals surface area contributed by atoms with Crippen LogP contribution in [0.1, 0.15) is 32.8 Å². The van der Waals surface area contributed by atoms with E-state index in [1.165, 1.54) is 4.88 Å². The zero-order valence-corrected chi connectivity index (χ0v) is 19.6. The number of nitrogens with one attached hydrogen (secondary N) is 1. The summed E-state index contributed by atoms with van der Waals surface area (Å²) in [6, 6.07) is 16.3. The van der Waals surface area contributed by atoms with Crippen molar-refractivity contribution >= 4 is 45.1 Å². The first-order valence-electron chi connectivity index (χ1n) is 10.7. The van der Waals surface area contributed by atoms with Gasteiger partial charge in [0.15, 0.2) is 5.16 Å². The quantitative estimate of drug-likeness (QED) is 0.344. The summed E-state index contributed by atoms with van der Waals surface area (Å²) < 4.78 is 1.59. The maximum absolute atomic E-state index is 13.6. The van der Waals surface area contributed by atoms with Crippen LogP contribution >= 0.6 is 23.1 Å². The Morgan fingerprint density at radius 3 is 2.61 bits per heavy atom. The summed E-state index contributed by atoms with van der Waals surface area (Å²) in [5.41, 5.74) is 3.23. The van der Waals surface area contributed by atoms with Gasteiger partial charge in [0.05, 0.1) is 16.8 Å². The lowest BCUT2D eigenvalue weighted by atomic mass is 10.2. The van der Waals surface area contributed by atoms with Crippen LogP contribution in [0.2, 0.25) is 0 Å². The maximum atomic E-state index is 13.6. The Bertz CT molecular complexity index is 1420. The molecule has 2 aromatic carbocycles. The first-order chi connectivity index (χ1) is 16.0. The zero-order valence-electron chi connectivity index (χ0n) is 18.0. The lowest BCUT2D eigenvalue weighted by Gasteiger charge is -2.13. The van der Waals surface area contributed by atoms with Gasteiger partial charge in [-0.15, -0.1) is 11.3 Å². The first-order valence-corrected chi connectivity index (χ1v) is 12.5. The predicted octanol–water partition coefficient (Wildman–Crippen LogP) is 4.29. The molecule has 2 heterocycles. The number of imide groups is 1. The highest BCUT2D eigenvalue weighted by molar-refractivity contribution is 7.99. The fourth-order valence-electron chi connectivity index (χ4n) is 4.00. The van der Waals surface area contributed by atoms with Crippen LogP contribution in [0, 0.1) is 6.92 Å². The molecule has 1 N–H and O–H groups in total. The SMILES string of the molecule is Cc1ccc(-n2c(SCC(=O)NC(=O)c3ccccc3)nc3sc4c(c3c2=O)CCC4)cc1. The minimum atomic E-state index is -0.449. The second-order valence-corrected chi connectivity index (χ2v) is 9.97. The molecule has 166 valence electrons. The number of thiophene rings is 1. The number of aromatic nitrogens is 2. The van der Waals surface area contributed by atoms with Crippen molar-refractivity contribution in [2.24, 2.45) is 0 Å². The van der Waals surface area contributed by atoms with Crippen molar-refractivity contribution in [3.05, 3.63) is 86.5 Å². The molecule has 0 fully saturated rings. The maximum Gasteiger partial charge on any atom is 0.267 e. The van der Waals surface area contributed by atoms with Gasteiger partial charge in [0.25, 0.3) is 11.5 Å². The Kier molecular flexibility index (Phi) is 5.86. The van der Waals surface area contributed by atoms with Crippen molar-refractivity contribution in [3.63, 3.8) is 0 Å². The largest absolute Gasteiger partial charge is 0.292 e. The van der Waals surface area contributed by atoms with Crippen molar-refractivity contribution in [1.29, 1.82) is 0 Å². The van der Waals surface area contributed by atoms with Crippen molar-refractivity contribution in [2.75, 3.05) is 5.75 Å². The fourth-order valence-corrected chi connectivity index (χ4v) is 6.11. The standard InChI is InChI=1S/C25H21N3O3S2/c1-15-10-12-17(13-11-15)28-24(31)21-18-8-5-9-19(18)33-23(21)27-25(28)32-14-20(29)26-22(30)16-6-3-2-4-7-16/h2-4,6-7,10-13H,5,8-9,14H2,1H3,(H,26,29,30). The van der Waals surface area contributed by atoms with Gasteiger partial charge >= 0.3 is 0 Å². The number of rotatable bonds is 5. The molecule has 4 aromatic rings. The number of fused-ring (bicyclic) bond motifs is 3. The van der Waals surface area contributed by atoms with Gasteiger partial charge < -0.3 is 0 Å².